The summed E-state index contributed by atoms with van der Waals surface area (Å²) in [5.74, 6) is 0. The maximum Gasteiger partial charge on any atom is -0.00880 e. The Morgan fingerprint density at radius 3 is 2.20 bits per heavy atom. The summed E-state index contributed by atoms with van der Waals surface area (Å²) < 4.78 is 0. The van der Waals surface area contributed by atoms with Crippen LogP contribution in [0.2, 0.25) is 0 Å². The van der Waals surface area contributed by atoms with Gasteiger partial charge in [-0.3, -0.25) is 0 Å². The Labute approximate surface area is 89.9 Å². The second kappa shape index (κ2) is 3.39. The van der Waals surface area contributed by atoms with Crippen LogP contribution in [0.5, 0.6) is 0 Å². The van der Waals surface area contributed by atoms with Gasteiger partial charge in [0.2, 0.25) is 0 Å². The lowest BCUT2D eigenvalue weighted by Crippen LogP contribution is -1.88. The first-order valence-corrected chi connectivity index (χ1v) is 5.28. The van der Waals surface area contributed by atoms with Crippen molar-refractivity contribution in [2.24, 2.45) is 0 Å². The van der Waals surface area contributed by atoms with Crippen molar-refractivity contribution in [3.63, 3.8) is 0 Å². The molecule has 0 saturated heterocycles. The van der Waals surface area contributed by atoms with Crippen LogP contribution in [0.4, 0.5) is 0 Å². The minimum absolute atomic E-state index is 1.08. The van der Waals surface area contributed by atoms with Crippen molar-refractivity contribution in [1.29, 1.82) is 0 Å². The van der Waals surface area contributed by atoms with Crippen LogP contribution in [-0.4, -0.2) is 0 Å². The molecule has 0 heteroatoms. The fraction of sp³-hybridized carbons (Fsp3) is 0.0667. The highest BCUT2D eigenvalue weighted by Gasteiger charge is 2.08. The molecule has 0 nitrogen and oxygen atoms in total. The lowest BCUT2D eigenvalue weighted by atomic mass is 9.98. The molecule has 2 aliphatic carbocycles. The zero-order valence-corrected chi connectivity index (χ0v) is 8.48. The molecule has 3 rings (SSSR count). The second-order valence-corrected chi connectivity index (χ2v) is 3.89. The van der Waals surface area contributed by atoms with Gasteiger partial charge in [0.15, 0.2) is 0 Å². The van der Waals surface area contributed by atoms with Crippen molar-refractivity contribution in [3.05, 3.63) is 64.8 Å². The highest BCUT2D eigenvalue weighted by molar-refractivity contribution is 5.74. The van der Waals surface area contributed by atoms with E-state index >= 15 is 0 Å². The van der Waals surface area contributed by atoms with Crippen molar-refractivity contribution >= 4 is 18.2 Å². The summed E-state index contributed by atoms with van der Waals surface area (Å²) in [6.45, 7) is 0. The molecule has 0 aromatic heterocycles. The van der Waals surface area contributed by atoms with Crippen LogP contribution in [0.15, 0.2) is 42.5 Å². The normalized spacial score (nSPS) is 20.3. The molecule has 0 atom stereocenters. The van der Waals surface area contributed by atoms with E-state index in [1.165, 1.54) is 22.3 Å². The van der Waals surface area contributed by atoms with Gasteiger partial charge in [0, 0.05) is 0 Å². The summed E-state index contributed by atoms with van der Waals surface area (Å²) in [4.78, 5) is 0. The van der Waals surface area contributed by atoms with Crippen molar-refractivity contribution in [2.45, 2.75) is 6.42 Å². The third-order valence-corrected chi connectivity index (χ3v) is 2.86. The quantitative estimate of drug-likeness (QED) is 0.585. The fourth-order valence-corrected chi connectivity index (χ4v) is 2.08. The van der Waals surface area contributed by atoms with Crippen LogP contribution >= 0.6 is 0 Å². The number of hydrogen-bond donors (Lipinski definition) is 0. The molecule has 1 aromatic rings. The number of hydrogen-bond acceptors (Lipinski definition) is 0. The number of allylic oxidation sites excluding steroid dienone is 5. The van der Waals surface area contributed by atoms with Crippen molar-refractivity contribution in [3.8, 4) is 0 Å². The van der Waals surface area contributed by atoms with Crippen LogP contribution < -0.4 is 0 Å². The van der Waals surface area contributed by atoms with E-state index in [-0.39, 0.29) is 0 Å². The van der Waals surface area contributed by atoms with Crippen molar-refractivity contribution < 1.29 is 0 Å². The summed E-state index contributed by atoms with van der Waals surface area (Å²) in [6.07, 6.45) is 18.2. The first-order valence-electron chi connectivity index (χ1n) is 5.28. The van der Waals surface area contributed by atoms with Crippen molar-refractivity contribution in [1.82, 2.24) is 0 Å². The van der Waals surface area contributed by atoms with Gasteiger partial charge in [-0.25, -0.2) is 0 Å². The minimum Gasteiger partial charge on any atom is -0.0795 e. The van der Waals surface area contributed by atoms with E-state index in [2.05, 4.69) is 60.7 Å². The van der Waals surface area contributed by atoms with E-state index in [9.17, 15) is 0 Å². The minimum atomic E-state index is 1.08. The van der Waals surface area contributed by atoms with Crippen molar-refractivity contribution in [2.75, 3.05) is 0 Å². The topological polar surface area (TPSA) is 0 Å². The highest BCUT2D eigenvalue weighted by atomic mass is 14.1. The predicted octanol–water partition coefficient (Wildman–Crippen LogP) is 3.85. The summed E-state index contributed by atoms with van der Waals surface area (Å²) >= 11 is 0. The highest BCUT2D eigenvalue weighted by Crippen LogP contribution is 2.26. The molecule has 0 unspecified atom stereocenters. The Bertz CT molecular complexity index is 511. The van der Waals surface area contributed by atoms with E-state index in [0.29, 0.717) is 0 Å². The molecule has 15 heavy (non-hydrogen) atoms. The fourth-order valence-electron chi connectivity index (χ4n) is 2.08. The number of benzene rings is 1. The molecule has 0 spiro atoms. The first kappa shape index (κ1) is 8.49. The summed E-state index contributed by atoms with van der Waals surface area (Å²) in [6, 6.07) is 4.57. The Balaban J connectivity index is 2.20. The van der Waals surface area contributed by atoms with Crippen LogP contribution in [0, 0.1) is 0 Å². The average Bonchev–Trinajstić information content (AvgIpc) is 2.64. The molecule has 0 N–H and O–H groups in total. The molecule has 1 aromatic carbocycles. The number of rotatable bonds is 0. The molecule has 0 radical (unpaired) electrons. The molecule has 0 aliphatic heterocycles. The second-order valence-electron chi connectivity index (χ2n) is 3.89. The predicted molar refractivity (Wildman–Crippen MR) is 66.4 cm³/mol. The lowest BCUT2D eigenvalue weighted by Gasteiger charge is -2.07. The Morgan fingerprint density at radius 1 is 0.667 bits per heavy atom. The molecule has 0 fully saturated rings. The monoisotopic (exact) mass is 192 g/mol. The number of fused-ring (bicyclic) bond motifs is 2. The molecule has 0 saturated carbocycles. The molecule has 72 valence electrons. The summed E-state index contributed by atoms with van der Waals surface area (Å²) in [7, 11) is 0. The molecular formula is C15H12. The van der Waals surface area contributed by atoms with Gasteiger partial charge in [0.25, 0.3) is 0 Å². The van der Waals surface area contributed by atoms with Gasteiger partial charge < -0.3 is 0 Å². The third kappa shape index (κ3) is 1.48. The molecule has 2 aliphatic rings. The maximum absolute atomic E-state index is 2.30. The summed E-state index contributed by atoms with van der Waals surface area (Å²) in [5, 5.41) is 0. The van der Waals surface area contributed by atoms with E-state index < -0.39 is 0 Å². The Hall–Kier alpha value is -1.82. The molecule has 0 bridgehead atoms. The van der Waals surface area contributed by atoms with E-state index in [0.717, 1.165) is 6.42 Å². The molecular weight excluding hydrogens is 180 g/mol. The molecule has 0 heterocycles. The maximum atomic E-state index is 2.30. The Kier molecular flexibility index (Phi) is 1.92. The summed E-state index contributed by atoms with van der Waals surface area (Å²) in [5.41, 5.74) is 5.44. The smallest absolute Gasteiger partial charge is 0.00880 e. The van der Waals surface area contributed by atoms with Gasteiger partial charge in [-0.1, -0.05) is 54.7 Å². The third-order valence-electron chi connectivity index (χ3n) is 2.86. The van der Waals surface area contributed by atoms with Gasteiger partial charge in [-0.05, 0) is 34.7 Å². The Morgan fingerprint density at radius 2 is 1.40 bits per heavy atom. The largest absolute Gasteiger partial charge is 0.0795 e. The van der Waals surface area contributed by atoms with Crippen LogP contribution in [0.1, 0.15) is 22.3 Å². The van der Waals surface area contributed by atoms with Gasteiger partial charge in [-0.2, -0.15) is 0 Å². The van der Waals surface area contributed by atoms with Crippen LogP contribution in [0.3, 0.4) is 0 Å². The van der Waals surface area contributed by atoms with Gasteiger partial charge in [0.1, 0.15) is 0 Å². The van der Waals surface area contributed by atoms with Crippen LogP contribution in [-0.2, 0) is 6.42 Å². The van der Waals surface area contributed by atoms with E-state index in [1.807, 2.05) is 0 Å². The first-order chi connectivity index (χ1) is 7.43. The lowest BCUT2D eigenvalue weighted by molar-refractivity contribution is 1.30. The van der Waals surface area contributed by atoms with E-state index in [1.54, 1.807) is 0 Å². The molecule has 0 amide bonds. The zero-order chi connectivity index (χ0) is 10.1. The van der Waals surface area contributed by atoms with Gasteiger partial charge in [0.05, 0.1) is 0 Å². The van der Waals surface area contributed by atoms with Gasteiger partial charge >= 0.3 is 0 Å². The standard InChI is InChI=1S/C15H12/c1-2-4-7-13-11-15-9-5-8-14(15)10-12(13)6-3-1/h1-8,10-11H,9H2/b2-1-,3-1?,4-2?,6-3-,7-4?,12-6?,13-7?. The van der Waals surface area contributed by atoms with Crippen LogP contribution in [0.25, 0.3) is 18.2 Å². The SMILES string of the molecule is C1=Cc2cc3c(cc2/C=C\C=C/1)C=CC3. The van der Waals surface area contributed by atoms with E-state index in [4.69, 9.17) is 0 Å². The average molecular weight is 192 g/mol. The zero-order valence-electron chi connectivity index (χ0n) is 8.48. The van der Waals surface area contributed by atoms with Gasteiger partial charge in [-0.15, -0.1) is 0 Å².